The summed E-state index contributed by atoms with van der Waals surface area (Å²) in [7, 11) is 2.14. The maximum absolute atomic E-state index is 13.0. The van der Waals surface area contributed by atoms with E-state index in [9.17, 15) is 4.79 Å². The number of anilines is 2. The molecule has 1 aliphatic carbocycles. The summed E-state index contributed by atoms with van der Waals surface area (Å²) < 4.78 is 0. The fourth-order valence-electron chi connectivity index (χ4n) is 3.97. The molecule has 1 aromatic carbocycles. The summed E-state index contributed by atoms with van der Waals surface area (Å²) in [5.41, 5.74) is 2.79. The SMILES string of the molecule is CCNc1nc(N2CCN(C)CC2)nc2c1C(=O)C[C@@H](c1ccccc1)C2. The van der Waals surface area contributed by atoms with Gasteiger partial charge in [-0.1, -0.05) is 30.3 Å². The molecule has 0 saturated carbocycles. The first-order valence-electron chi connectivity index (χ1n) is 9.82. The third-order valence-electron chi connectivity index (χ3n) is 5.52. The highest BCUT2D eigenvalue weighted by molar-refractivity contribution is 6.03. The van der Waals surface area contributed by atoms with E-state index in [1.807, 2.05) is 25.1 Å². The van der Waals surface area contributed by atoms with Crippen LogP contribution in [0.15, 0.2) is 30.3 Å². The van der Waals surface area contributed by atoms with E-state index in [1.54, 1.807) is 0 Å². The van der Waals surface area contributed by atoms with Crippen molar-refractivity contribution in [2.75, 3.05) is 50.0 Å². The van der Waals surface area contributed by atoms with Crippen LogP contribution >= 0.6 is 0 Å². The molecule has 2 aromatic rings. The van der Waals surface area contributed by atoms with Crippen LogP contribution in [0.3, 0.4) is 0 Å². The first-order valence-corrected chi connectivity index (χ1v) is 9.82. The molecule has 1 aliphatic heterocycles. The van der Waals surface area contributed by atoms with Crippen molar-refractivity contribution < 1.29 is 4.79 Å². The third-order valence-corrected chi connectivity index (χ3v) is 5.52. The molecule has 0 radical (unpaired) electrons. The van der Waals surface area contributed by atoms with Gasteiger partial charge in [-0.25, -0.2) is 4.98 Å². The molecule has 2 aliphatic rings. The van der Waals surface area contributed by atoms with Crippen LogP contribution in [0, 0.1) is 0 Å². The molecule has 2 heterocycles. The molecular weight excluding hydrogens is 338 g/mol. The van der Waals surface area contributed by atoms with Crippen LogP contribution in [0.1, 0.15) is 40.9 Å². The van der Waals surface area contributed by atoms with Gasteiger partial charge in [0, 0.05) is 39.1 Å². The predicted octanol–water partition coefficient (Wildman–Crippen LogP) is 2.57. The van der Waals surface area contributed by atoms with E-state index in [1.165, 1.54) is 5.56 Å². The van der Waals surface area contributed by atoms with Gasteiger partial charge in [-0.15, -0.1) is 0 Å². The maximum atomic E-state index is 13.0. The van der Waals surface area contributed by atoms with Gasteiger partial charge in [-0.3, -0.25) is 4.79 Å². The summed E-state index contributed by atoms with van der Waals surface area (Å²) >= 11 is 0. The predicted molar refractivity (Wildman–Crippen MR) is 108 cm³/mol. The van der Waals surface area contributed by atoms with Crippen molar-refractivity contribution >= 4 is 17.5 Å². The number of carbonyl (C=O) groups is 1. The monoisotopic (exact) mass is 365 g/mol. The molecule has 6 heteroatoms. The minimum atomic E-state index is 0.144. The van der Waals surface area contributed by atoms with E-state index in [-0.39, 0.29) is 11.7 Å². The van der Waals surface area contributed by atoms with Crippen molar-refractivity contribution in [1.82, 2.24) is 14.9 Å². The van der Waals surface area contributed by atoms with Gasteiger partial charge in [-0.2, -0.15) is 4.98 Å². The molecule has 4 rings (SSSR count). The summed E-state index contributed by atoms with van der Waals surface area (Å²) in [5, 5.41) is 3.30. The lowest BCUT2D eigenvalue weighted by Gasteiger charge is -2.33. The number of piperazine rings is 1. The Kier molecular flexibility index (Phi) is 5.07. The molecule has 0 unspecified atom stereocenters. The number of likely N-dealkylation sites (N-methyl/N-ethyl adjacent to an activating group) is 1. The Labute approximate surface area is 160 Å². The van der Waals surface area contributed by atoms with Crippen molar-refractivity contribution in [2.45, 2.75) is 25.7 Å². The zero-order chi connectivity index (χ0) is 18.8. The van der Waals surface area contributed by atoms with Crippen LogP contribution in [-0.4, -0.2) is 60.4 Å². The van der Waals surface area contributed by atoms with Gasteiger partial charge in [-0.05, 0) is 31.9 Å². The van der Waals surface area contributed by atoms with E-state index < -0.39 is 0 Å². The third kappa shape index (κ3) is 3.67. The lowest BCUT2D eigenvalue weighted by molar-refractivity contribution is 0.0963. The second kappa shape index (κ2) is 7.64. The Balaban J connectivity index is 1.70. The summed E-state index contributed by atoms with van der Waals surface area (Å²) in [5.74, 6) is 1.79. The zero-order valence-electron chi connectivity index (χ0n) is 16.1. The zero-order valence-corrected chi connectivity index (χ0v) is 16.1. The molecule has 0 spiro atoms. The van der Waals surface area contributed by atoms with Crippen molar-refractivity contribution in [1.29, 1.82) is 0 Å². The van der Waals surface area contributed by atoms with Crippen LogP contribution < -0.4 is 10.2 Å². The summed E-state index contributed by atoms with van der Waals surface area (Å²) in [6, 6.07) is 10.3. The number of fused-ring (bicyclic) bond motifs is 1. The Hall–Kier alpha value is -2.47. The van der Waals surface area contributed by atoms with Gasteiger partial charge in [0.15, 0.2) is 5.78 Å². The molecule has 6 nitrogen and oxygen atoms in total. The summed E-state index contributed by atoms with van der Waals surface area (Å²) in [6.45, 7) is 6.60. The number of ketones is 1. The van der Waals surface area contributed by atoms with Gasteiger partial charge in [0.25, 0.3) is 0 Å². The van der Waals surface area contributed by atoms with Crippen LogP contribution in [0.5, 0.6) is 0 Å². The average molecular weight is 365 g/mol. The maximum Gasteiger partial charge on any atom is 0.227 e. The highest BCUT2D eigenvalue weighted by Crippen LogP contribution is 2.35. The number of rotatable bonds is 4. The molecule has 1 aromatic heterocycles. The largest absolute Gasteiger partial charge is 0.370 e. The molecule has 1 saturated heterocycles. The summed E-state index contributed by atoms with van der Waals surface area (Å²) in [4.78, 5) is 27.1. The lowest BCUT2D eigenvalue weighted by Crippen LogP contribution is -2.45. The smallest absolute Gasteiger partial charge is 0.227 e. The van der Waals surface area contributed by atoms with E-state index in [0.717, 1.165) is 50.8 Å². The van der Waals surface area contributed by atoms with E-state index in [0.29, 0.717) is 17.8 Å². The molecule has 1 N–H and O–H groups in total. The van der Waals surface area contributed by atoms with Crippen LogP contribution in [0.4, 0.5) is 11.8 Å². The summed E-state index contributed by atoms with van der Waals surface area (Å²) in [6.07, 6.45) is 1.30. The topological polar surface area (TPSA) is 61.4 Å². The fraction of sp³-hybridized carbons (Fsp3) is 0.476. The normalized spacial score (nSPS) is 20.4. The number of nitrogens with one attached hydrogen (secondary N) is 1. The van der Waals surface area contributed by atoms with Gasteiger partial charge < -0.3 is 15.1 Å². The van der Waals surface area contributed by atoms with Crippen molar-refractivity contribution in [3.8, 4) is 0 Å². The molecule has 142 valence electrons. The quantitative estimate of drug-likeness (QED) is 0.899. The van der Waals surface area contributed by atoms with E-state index in [2.05, 4.69) is 34.3 Å². The van der Waals surface area contributed by atoms with Gasteiger partial charge in [0.05, 0.1) is 11.3 Å². The second-order valence-corrected chi connectivity index (χ2v) is 7.45. The number of nitrogens with zero attached hydrogens (tertiary/aromatic N) is 4. The Morgan fingerprint density at radius 2 is 1.81 bits per heavy atom. The Morgan fingerprint density at radius 3 is 2.52 bits per heavy atom. The average Bonchev–Trinajstić information content (AvgIpc) is 2.69. The standard InChI is InChI=1S/C21H27N5O/c1-3-22-20-19-17(23-21(24-20)26-11-9-25(2)10-12-26)13-16(14-18(19)27)15-7-5-4-6-8-15/h4-8,16H,3,9-14H2,1-2H3,(H,22,23,24)/t16-/m0/s1. The molecule has 0 amide bonds. The van der Waals surface area contributed by atoms with Crippen LogP contribution in [0.25, 0.3) is 0 Å². The first-order chi connectivity index (χ1) is 13.2. The number of aromatic nitrogens is 2. The highest BCUT2D eigenvalue weighted by atomic mass is 16.1. The highest BCUT2D eigenvalue weighted by Gasteiger charge is 2.32. The van der Waals surface area contributed by atoms with Crippen molar-refractivity contribution in [3.05, 3.63) is 47.2 Å². The van der Waals surface area contributed by atoms with Gasteiger partial charge in [0.1, 0.15) is 5.82 Å². The van der Waals surface area contributed by atoms with Gasteiger partial charge in [0.2, 0.25) is 5.95 Å². The first kappa shape index (κ1) is 17.9. The van der Waals surface area contributed by atoms with Crippen LogP contribution in [0.2, 0.25) is 0 Å². The fourth-order valence-corrected chi connectivity index (χ4v) is 3.97. The Morgan fingerprint density at radius 1 is 1.07 bits per heavy atom. The Bertz CT molecular complexity index is 815. The molecule has 27 heavy (non-hydrogen) atoms. The van der Waals surface area contributed by atoms with Crippen molar-refractivity contribution in [3.63, 3.8) is 0 Å². The number of carbonyl (C=O) groups excluding carboxylic acids is 1. The number of benzene rings is 1. The number of hydrogen-bond donors (Lipinski definition) is 1. The van der Waals surface area contributed by atoms with Crippen LogP contribution in [-0.2, 0) is 6.42 Å². The lowest BCUT2D eigenvalue weighted by atomic mass is 9.82. The van der Waals surface area contributed by atoms with Gasteiger partial charge >= 0.3 is 0 Å². The minimum Gasteiger partial charge on any atom is -0.370 e. The molecule has 1 atom stereocenters. The second-order valence-electron chi connectivity index (χ2n) is 7.45. The minimum absolute atomic E-state index is 0.144. The van der Waals surface area contributed by atoms with E-state index >= 15 is 0 Å². The number of Topliss-reactive ketones (excluding diaryl/α,β-unsaturated/α-hetero) is 1. The number of hydrogen-bond acceptors (Lipinski definition) is 6. The van der Waals surface area contributed by atoms with Crippen molar-refractivity contribution in [2.24, 2.45) is 0 Å². The molecule has 0 bridgehead atoms. The molecular formula is C21H27N5O. The molecule has 1 fully saturated rings. The van der Waals surface area contributed by atoms with E-state index in [4.69, 9.17) is 9.97 Å².